The maximum absolute atomic E-state index is 5.57. The van der Waals surface area contributed by atoms with Crippen molar-refractivity contribution in [3.63, 3.8) is 0 Å². The van der Waals surface area contributed by atoms with Gasteiger partial charge in [-0.05, 0) is 44.6 Å². The second kappa shape index (κ2) is 2.12. The Bertz CT molecular complexity index is 250. The number of hydrogen-bond acceptors (Lipinski definition) is 2. The van der Waals surface area contributed by atoms with Gasteiger partial charge in [0.15, 0.2) is 0 Å². The lowest BCUT2D eigenvalue weighted by Crippen LogP contribution is -2.51. The van der Waals surface area contributed by atoms with Gasteiger partial charge in [-0.25, -0.2) is 0 Å². The van der Waals surface area contributed by atoms with Crippen molar-refractivity contribution >= 4 is 0 Å². The number of fused-ring (bicyclic) bond motifs is 3. The van der Waals surface area contributed by atoms with E-state index in [-0.39, 0.29) is 0 Å². The van der Waals surface area contributed by atoms with Crippen molar-refractivity contribution in [1.82, 2.24) is 4.90 Å². The third-order valence-corrected chi connectivity index (χ3v) is 4.75. The van der Waals surface area contributed by atoms with Gasteiger partial charge >= 0.3 is 0 Å². The monoisotopic (exact) mass is 179 g/mol. The lowest BCUT2D eigenvalue weighted by atomic mass is 9.70. The Balaban J connectivity index is 1.47. The molecule has 0 aromatic heterocycles. The highest BCUT2D eigenvalue weighted by molar-refractivity contribution is 5.13. The average Bonchev–Trinajstić information content (AvgIpc) is 2.96. The molecule has 4 rings (SSSR count). The minimum absolute atomic E-state index is 0.688. The molecular formula is C11H17NO. The summed E-state index contributed by atoms with van der Waals surface area (Å²) in [4.78, 5) is 2.66. The summed E-state index contributed by atoms with van der Waals surface area (Å²) < 4.78 is 5.57. The third kappa shape index (κ3) is 0.861. The highest BCUT2D eigenvalue weighted by Gasteiger charge is 2.63. The van der Waals surface area contributed by atoms with Crippen molar-refractivity contribution < 1.29 is 4.74 Å². The molecule has 5 atom stereocenters. The van der Waals surface area contributed by atoms with Crippen LogP contribution in [0.15, 0.2) is 0 Å². The molecule has 1 aliphatic heterocycles. The van der Waals surface area contributed by atoms with Crippen LogP contribution < -0.4 is 0 Å². The Kier molecular flexibility index (Phi) is 1.18. The molecule has 0 radical (unpaired) electrons. The van der Waals surface area contributed by atoms with Gasteiger partial charge in [0.1, 0.15) is 0 Å². The zero-order valence-electron chi connectivity index (χ0n) is 8.15. The van der Waals surface area contributed by atoms with Crippen molar-refractivity contribution in [1.29, 1.82) is 0 Å². The molecule has 0 aromatic rings. The van der Waals surface area contributed by atoms with Crippen LogP contribution in [0.4, 0.5) is 0 Å². The predicted molar refractivity (Wildman–Crippen MR) is 49.4 cm³/mol. The summed E-state index contributed by atoms with van der Waals surface area (Å²) in [5.41, 5.74) is 0. The summed E-state index contributed by atoms with van der Waals surface area (Å²) in [5, 5.41) is 0. The van der Waals surface area contributed by atoms with Crippen LogP contribution in [0.5, 0.6) is 0 Å². The molecule has 3 aliphatic carbocycles. The van der Waals surface area contributed by atoms with Gasteiger partial charge in [-0.15, -0.1) is 0 Å². The zero-order valence-corrected chi connectivity index (χ0v) is 8.15. The fourth-order valence-corrected chi connectivity index (χ4v) is 3.64. The molecule has 0 bridgehead atoms. The van der Waals surface area contributed by atoms with Crippen LogP contribution >= 0.6 is 0 Å². The Morgan fingerprint density at radius 1 is 1.15 bits per heavy atom. The first kappa shape index (κ1) is 7.24. The van der Waals surface area contributed by atoms with Crippen LogP contribution in [0.3, 0.4) is 0 Å². The Hall–Kier alpha value is -0.0800. The minimum atomic E-state index is 0.688. The fourth-order valence-electron chi connectivity index (χ4n) is 3.64. The van der Waals surface area contributed by atoms with E-state index >= 15 is 0 Å². The zero-order chi connectivity index (χ0) is 8.58. The van der Waals surface area contributed by atoms with Crippen LogP contribution in [0, 0.1) is 11.8 Å². The molecule has 1 heterocycles. The van der Waals surface area contributed by atoms with E-state index in [2.05, 4.69) is 11.9 Å². The first-order valence-corrected chi connectivity index (χ1v) is 5.72. The van der Waals surface area contributed by atoms with E-state index in [1.165, 1.54) is 25.7 Å². The van der Waals surface area contributed by atoms with E-state index in [9.17, 15) is 0 Å². The number of epoxide rings is 1. The molecule has 0 N–H and O–H groups in total. The molecule has 0 amide bonds. The van der Waals surface area contributed by atoms with Crippen molar-refractivity contribution in [3.05, 3.63) is 0 Å². The summed E-state index contributed by atoms with van der Waals surface area (Å²) in [7, 11) is 2.34. The normalized spacial score (nSPS) is 57.2. The molecule has 3 saturated carbocycles. The van der Waals surface area contributed by atoms with Gasteiger partial charge in [-0.3, -0.25) is 0 Å². The third-order valence-electron chi connectivity index (χ3n) is 4.75. The van der Waals surface area contributed by atoms with Crippen molar-refractivity contribution in [2.24, 2.45) is 11.8 Å². The summed E-state index contributed by atoms with van der Waals surface area (Å²) in [6, 6.07) is 1.87. The Labute approximate surface area is 79.2 Å². The second-order valence-corrected chi connectivity index (χ2v) is 5.40. The smallest absolute Gasteiger partial charge is 0.0873 e. The molecular weight excluding hydrogens is 162 g/mol. The van der Waals surface area contributed by atoms with E-state index in [1.54, 1.807) is 0 Å². The maximum atomic E-state index is 5.57. The lowest BCUT2D eigenvalue weighted by Gasteiger charge is -2.47. The fraction of sp³-hybridized carbons (Fsp3) is 1.00. The Morgan fingerprint density at radius 3 is 2.69 bits per heavy atom. The number of ether oxygens (including phenoxy) is 1. The molecule has 4 fully saturated rings. The summed E-state index contributed by atoms with van der Waals surface area (Å²) >= 11 is 0. The number of hydrogen-bond donors (Lipinski definition) is 0. The summed E-state index contributed by atoms with van der Waals surface area (Å²) in [6.45, 7) is 0. The molecule has 1 saturated heterocycles. The number of nitrogens with zero attached hydrogens (tertiary/aromatic N) is 1. The van der Waals surface area contributed by atoms with Crippen LogP contribution in [0.25, 0.3) is 0 Å². The highest BCUT2D eigenvalue weighted by Crippen LogP contribution is 2.58. The van der Waals surface area contributed by atoms with Gasteiger partial charge in [0.25, 0.3) is 0 Å². The van der Waals surface area contributed by atoms with Gasteiger partial charge in [0.2, 0.25) is 0 Å². The second-order valence-electron chi connectivity index (χ2n) is 5.40. The number of rotatable bonds is 2. The molecule has 0 unspecified atom stereocenters. The Morgan fingerprint density at radius 2 is 2.00 bits per heavy atom. The van der Waals surface area contributed by atoms with Crippen molar-refractivity contribution in [3.8, 4) is 0 Å². The maximum Gasteiger partial charge on any atom is 0.0873 e. The van der Waals surface area contributed by atoms with E-state index in [4.69, 9.17) is 4.74 Å². The van der Waals surface area contributed by atoms with Crippen LogP contribution in [-0.4, -0.2) is 36.2 Å². The predicted octanol–water partition coefficient (Wildman–Crippen LogP) is 1.26. The van der Waals surface area contributed by atoms with Crippen LogP contribution in [-0.2, 0) is 4.74 Å². The van der Waals surface area contributed by atoms with E-state index < -0.39 is 0 Å². The summed E-state index contributed by atoms with van der Waals surface area (Å²) in [5.74, 6) is 1.96. The van der Waals surface area contributed by atoms with E-state index in [1.807, 2.05) is 0 Å². The van der Waals surface area contributed by atoms with Crippen molar-refractivity contribution in [2.45, 2.75) is 50.0 Å². The summed E-state index contributed by atoms with van der Waals surface area (Å²) in [6.07, 6.45) is 7.10. The molecule has 4 aliphatic rings. The molecule has 2 nitrogen and oxygen atoms in total. The molecule has 0 spiro atoms. The van der Waals surface area contributed by atoms with E-state index in [0.717, 1.165) is 23.9 Å². The standard InChI is InChI=1S/C11H17NO/c1-12(6-2-3-6)9-4-8-7(9)5-10-11(8)13-10/h6-11H,2-5H2,1H3/t7-,8-,9+,10-,11+/m0/s1. The topological polar surface area (TPSA) is 15.8 Å². The minimum Gasteiger partial charge on any atom is -0.369 e. The van der Waals surface area contributed by atoms with Gasteiger partial charge in [0, 0.05) is 12.1 Å². The van der Waals surface area contributed by atoms with Gasteiger partial charge in [-0.2, -0.15) is 0 Å². The van der Waals surface area contributed by atoms with Crippen molar-refractivity contribution in [2.75, 3.05) is 7.05 Å². The van der Waals surface area contributed by atoms with E-state index in [0.29, 0.717) is 12.2 Å². The van der Waals surface area contributed by atoms with Gasteiger partial charge < -0.3 is 9.64 Å². The first-order chi connectivity index (χ1) is 6.34. The quantitative estimate of drug-likeness (QED) is 0.593. The molecule has 13 heavy (non-hydrogen) atoms. The highest BCUT2D eigenvalue weighted by atomic mass is 16.6. The van der Waals surface area contributed by atoms with Crippen LogP contribution in [0.1, 0.15) is 25.7 Å². The largest absolute Gasteiger partial charge is 0.369 e. The van der Waals surface area contributed by atoms with Crippen LogP contribution in [0.2, 0.25) is 0 Å². The SMILES string of the molecule is CN(C1CC1)[C@@H]1C[C@H]2[C@@H]1C[C@@H]1O[C@H]21. The first-order valence-electron chi connectivity index (χ1n) is 5.72. The lowest BCUT2D eigenvalue weighted by molar-refractivity contribution is -0.00494. The molecule has 72 valence electrons. The molecule has 0 aromatic carbocycles. The van der Waals surface area contributed by atoms with Gasteiger partial charge in [0.05, 0.1) is 12.2 Å². The van der Waals surface area contributed by atoms with Gasteiger partial charge in [-0.1, -0.05) is 0 Å². The average molecular weight is 179 g/mol. The molecule has 2 heteroatoms.